The van der Waals surface area contributed by atoms with E-state index in [0.29, 0.717) is 17.9 Å². The highest BCUT2D eigenvalue weighted by Gasteiger charge is 2.50. The van der Waals surface area contributed by atoms with Crippen molar-refractivity contribution in [3.8, 4) is 6.07 Å². The van der Waals surface area contributed by atoms with Crippen LogP contribution in [0.1, 0.15) is 25.1 Å². The highest BCUT2D eigenvalue weighted by Crippen LogP contribution is 2.37. The second kappa shape index (κ2) is 9.16. The van der Waals surface area contributed by atoms with E-state index in [2.05, 4.69) is 21.4 Å². The van der Waals surface area contributed by atoms with Gasteiger partial charge >= 0.3 is 0 Å². The molecule has 12 heteroatoms. The van der Waals surface area contributed by atoms with Gasteiger partial charge in [0.2, 0.25) is 5.91 Å². The Balaban J connectivity index is 1.60. The van der Waals surface area contributed by atoms with Crippen LogP contribution in [0, 0.1) is 11.3 Å². The number of sulfone groups is 1. The van der Waals surface area contributed by atoms with Gasteiger partial charge in [-0.3, -0.25) is 10.1 Å². The molecule has 2 N–H and O–H groups in total. The number of aromatic nitrogens is 2. The molecule has 1 unspecified atom stereocenters. The number of hydrogen-bond acceptors (Lipinski definition) is 8. The van der Waals surface area contributed by atoms with Gasteiger partial charge in [0.05, 0.1) is 38.7 Å². The number of amides is 1. The number of nitriles is 1. The Hall–Kier alpha value is -2.29. The number of nitrogens with one attached hydrogen (secondary N) is 1. The Morgan fingerprint density at radius 1 is 1.30 bits per heavy atom. The molecule has 0 bridgehead atoms. The number of aliphatic hydroxyl groups is 1. The van der Waals surface area contributed by atoms with Crippen molar-refractivity contribution in [2.45, 2.75) is 53.6 Å². The summed E-state index contributed by atoms with van der Waals surface area (Å²) in [4.78, 5) is 22.5. The molecule has 2 fully saturated rings. The molecule has 9 nitrogen and oxygen atoms in total. The first-order valence-electron chi connectivity index (χ1n) is 10.3. The maximum absolute atomic E-state index is 13.3. The van der Waals surface area contributed by atoms with Gasteiger partial charge in [-0.1, -0.05) is 35.3 Å². The standard InChI is InChI=1S/C21H21Cl2N5O4S/c22-13-9-25-18(26-10-13)8-19(29)28-11-14(33(31,32)17-4-2-1-3-15(17)23)7-16(28)20(30)27-21(12-24)5-6-21/h1-4,9-10,14,16,20,27,30H,5-8,11H2/t14-,16+,20?/m1/s1. The lowest BCUT2D eigenvalue weighted by molar-refractivity contribution is -0.134. The highest BCUT2D eigenvalue weighted by atomic mass is 35.5. The van der Waals surface area contributed by atoms with Crippen molar-refractivity contribution < 1.29 is 18.3 Å². The summed E-state index contributed by atoms with van der Waals surface area (Å²) in [5.41, 5.74) is -0.854. The number of likely N-dealkylation sites (tertiary alicyclic amines) is 1. The number of benzene rings is 1. The van der Waals surface area contributed by atoms with Gasteiger partial charge in [-0.05, 0) is 31.4 Å². The minimum atomic E-state index is -3.89. The molecule has 1 aromatic heterocycles. The fraction of sp³-hybridized carbons (Fsp3) is 0.429. The third kappa shape index (κ3) is 4.98. The lowest BCUT2D eigenvalue weighted by atomic mass is 10.1. The van der Waals surface area contributed by atoms with Gasteiger partial charge in [0.25, 0.3) is 0 Å². The van der Waals surface area contributed by atoms with Crippen molar-refractivity contribution in [1.82, 2.24) is 20.2 Å². The number of halogens is 2. The molecule has 1 aliphatic carbocycles. The minimum absolute atomic E-state index is 0.0174. The maximum atomic E-state index is 13.3. The van der Waals surface area contributed by atoms with Gasteiger partial charge < -0.3 is 10.0 Å². The number of carbonyl (C=O) groups is 1. The fourth-order valence-corrected chi connectivity index (χ4v) is 6.28. The monoisotopic (exact) mass is 509 g/mol. The van der Waals surface area contributed by atoms with Crippen LogP contribution in [0.4, 0.5) is 0 Å². The van der Waals surface area contributed by atoms with Gasteiger partial charge in [-0.2, -0.15) is 5.26 Å². The third-order valence-corrected chi connectivity index (χ3v) is 8.77. The Morgan fingerprint density at radius 3 is 2.58 bits per heavy atom. The molecule has 4 rings (SSSR count). The molecule has 2 aliphatic rings. The molecule has 1 aliphatic heterocycles. The molecule has 1 saturated carbocycles. The molecule has 3 atom stereocenters. The topological polar surface area (TPSA) is 136 Å². The van der Waals surface area contributed by atoms with Crippen molar-refractivity contribution in [1.29, 1.82) is 5.26 Å². The van der Waals surface area contributed by atoms with E-state index in [1.54, 1.807) is 12.1 Å². The van der Waals surface area contributed by atoms with Crippen LogP contribution in [0.15, 0.2) is 41.6 Å². The Kier molecular flexibility index (Phi) is 6.62. The van der Waals surface area contributed by atoms with Crippen LogP contribution in [0.5, 0.6) is 0 Å². The van der Waals surface area contributed by atoms with Crippen molar-refractivity contribution >= 4 is 38.9 Å². The van der Waals surface area contributed by atoms with Crippen molar-refractivity contribution in [2.24, 2.45) is 0 Å². The van der Waals surface area contributed by atoms with Crippen LogP contribution in [0.25, 0.3) is 0 Å². The van der Waals surface area contributed by atoms with Crippen molar-refractivity contribution in [3.05, 3.63) is 52.5 Å². The average Bonchev–Trinajstić information content (AvgIpc) is 3.40. The van der Waals surface area contributed by atoms with Crippen molar-refractivity contribution in [2.75, 3.05) is 6.54 Å². The van der Waals surface area contributed by atoms with Crippen LogP contribution in [0.2, 0.25) is 10.0 Å². The van der Waals surface area contributed by atoms with E-state index in [9.17, 15) is 23.6 Å². The lowest BCUT2D eigenvalue weighted by Crippen LogP contribution is -2.52. The SMILES string of the molecule is N#CC1(NC(O)[C@@H]2C[C@@H](S(=O)(=O)c3ccccc3Cl)CN2C(=O)Cc2ncc(Cl)cn2)CC1. The molecule has 2 aromatic rings. The second-order valence-electron chi connectivity index (χ2n) is 8.22. The highest BCUT2D eigenvalue weighted by molar-refractivity contribution is 7.92. The summed E-state index contributed by atoms with van der Waals surface area (Å²) in [5, 5.41) is 22.5. The minimum Gasteiger partial charge on any atom is -0.376 e. The maximum Gasteiger partial charge on any atom is 0.230 e. The molecular weight excluding hydrogens is 489 g/mol. The first kappa shape index (κ1) is 23.9. The Morgan fingerprint density at radius 2 is 1.97 bits per heavy atom. The van der Waals surface area contributed by atoms with E-state index in [1.165, 1.54) is 29.4 Å². The van der Waals surface area contributed by atoms with Crippen LogP contribution in [-0.2, 0) is 21.1 Å². The van der Waals surface area contributed by atoms with Gasteiger partial charge in [0.1, 0.15) is 17.6 Å². The summed E-state index contributed by atoms with van der Waals surface area (Å²) >= 11 is 11.9. The molecular formula is C21H21Cl2N5O4S. The van der Waals surface area contributed by atoms with E-state index in [-0.39, 0.29) is 35.1 Å². The van der Waals surface area contributed by atoms with E-state index < -0.39 is 38.8 Å². The summed E-state index contributed by atoms with van der Waals surface area (Å²) < 4.78 is 26.6. The summed E-state index contributed by atoms with van der Waals surface area (Å²) in [7, 11) is -3.89. The van der Waals surface area contributed by atoms with Crippen LogP contribution >= 0.6 is 23.2 Å². The number of rotatable bonds is 7. The van der Waals surface area contributed by atoms with Crippen LogP contribution in [0.3, 0.4) is 0 Å². The zero-order chi connectivity index (χ0) is 23.8. The van der Waals surface area contributed by atoms with Crippen molar-refractivity contribution in [3.63, 3.8) is 0 Å². The molecule has 1 aromatic carbocycles. The van der Waals surface area contributed by atoms with Crippen LogP contribution in [-0.4, -0.2) is 63.9 Å². The summed E-state index contributed by atoms with van der Waals surface area (Å²) in [6.45, 7) is -0.136. The smallest absolute Gasteiger partial charge is 0.230 e. The molecule has 33 heavy (non-hydrogen) atoms. The number of nitrogens with zero attached hydrogens (tertiary/aromatic N) is 4. The van der Waals surface area contributed by atoms with E-state index in [4.69, 9.17) is 23.2 Å². The first-order chi connectivity index (χ1) is 15.6. The molecule has 0 radical (unpaired) electrons. The molecule has 2 heterocycles. The second-order valence-corrected chi connectivity index (χ2v) is 11.3. The molecule has 0 spiro atoms. The lowest BCUT2D eigenvalue weighted by Gasteiger charge is -2.30. The van der Waals surface area contributed by atoms with Crippen LogP contribution < -0.4 is 5.32 Å². The largest absolute Gasteiger partial charge is 0.376 e. The first-order valence-corrected chi connectivity index (χ1v) is 12.6. The Bertz CT molecular complexity index is 1200. The summed E-state index contributed by atoms with van der Waals surface area (Å²) in [5.74, 6) is -0.222. The quantitative estimate of drug-likeness (QED) is 0.538. The van der Waals surface area contributed by atoms with Gasteiger partial charge in [0.15, 0.2) is 9.84 Å². The van der Waals surface area contributed by atoms with Gasteiger partial charge in [-0.15, -0.1) is 0 Å². The molecule has 174 valence electrons. The Labute approximate surface area is 201 Å². The normalized spacial score (nSPS) is 22.5. The zero-order valence-corrected chi connectivity index (χ0v) is 19.7. The van der Waals surface area contributed by atoms with E-state index in [0.717, 1.165) is 0 Å². The zero-order valence-electron chi connectivity index (χ0n) is 17.4. The number of hydrogen-bond donors (Lipinski definition) is 2. The third-order valence-electron chi connectivity index (χ3n) is 5.94. The number of carbonyl (C=O) groups excluding carboxylic acids is 1. The summed E-state index contributed by atoms with van der Waals surface area (Å²) in [6.07, 6.45) is 2.38. The fourth-order valence-electron chi connectivity index (χ4n) is 3.95. The predicted octanol–water partition coefficient (Wildman–Crippen LogP) is 1.73. The predicted molar refractivity (Wildman–Crippen MR) is 120 cm³/mol. The van der Waals surface area contributed by atoms with E-state index in [1.807, 2.05) is 0 Å². The summed E-state index contributed by atoms with van der Waals surface area (Å²) in [6, 6.07) is 7.38. The molecule has 1 saturated heterocycles. The van der Waals surface area contributed by atoms with E-state index >= 15 is 0 Å². The van der Waals surface area contributed by atoms with Gasteiger partial charge in [-0.25, -0.2) is 18.4 Å². The molecule has 1 amide bonds. The van der Waals surface area contributed by atoms with Gasteiger partial charge in [0, 0.05) is 18.9 Å². The number of aliphatic hydroxyl groups excluding tert-OH is 1. The average molecular weight is 510 g/mol.